The van der Waals surface area contributed by atoms with Crippen LogP contribution in [0.2, 0.25) is 5.02 Å². The van der Waals surface area contributed by atoms with E-state index in [1.165, 1.54) is 53.5 Å². The van der Waals surface area contributed by atoms with Crippen LogP contribution in [0.3, 0.4) is 0 Å². The topological polar surface area (TPSA) is 179 Å². The van der Waals surface area contributed by atoms with Gasteiger partial charge < -0.3 is 29.9 Å². The highest BCUT2D eigenvalue weighted by Crippen LogP contribution is 2.39. The van der Waals surface area contributed by atoms with E-state index in [1.807, 2.05) is 0 Å². The molecule has 4 amide bonds. The molecule has 56 heavy (non-hydrogen) atoms. The third-order valence-corrected chi connectivity index (χ3v) is 11.2. The van der Waals surface area contributed by atoms with Gasteiger partial charge in [0.25, 0.3) is 11.8 Å². The number of likely N-dealkylation sites (tertiary alicyclic amines) is 2. The lowest BCUT2D eigenvalue weighted by atomic mass is 9.95. The Morgan fingerprint density at radius 3 is 1.57 bits per heavy atom. The molecule has 5 aromatic rings. The van der Waals surface area contributed by atoms with Crippen molar-refractivity contribution in [2.45, 2.75) is 57.5 Å². The molecule has 2 N–H and O–H groups in total. The van der Waals surface area contributed by atoms with E-state index in [1.54, 1.807) is 74.2 Å². The van der Waals surface area contributed by atoms with E-state index in [0.717, 1.165) is 0 Å². The minimum absolute atomic E-state index is 0.263. The highest BCUT2D eigenvalue weighted by Gasteiger charge is 2.48. The number of aromatic nitrogens is 6. The van der Waals surface area contributed by atoms with Crippen LogP contribution in [-0.2, 0) is 9.59 Å². The summed E-state index contributed by atoms with van der Waals surface area (Å²) in [5.41, 5.74) is -0.101. The first-order valence-corrected chi connectivity index (χ1v) is 18.4. The number of nitrogens with one attached hydrogen (secondary N) is 2. The molecule has 290 valence electrons. The smallest absolute Gasteiger partial charge is 0.257 e. The number of halogens is 1. The predicted molar refractivity (Wildman–Crippen MR) is 207 cm³/mol. The van der Waals surface area contributed by atoms with E-state index in [2.05, 4.69) is 31.0 Å². The molecule has 0 saturated carbocycles. The van der Waals surface area contributed by atoms with E-state index in [4.69, 9.17) is 21.1 Å². The number of carbonyl (C=O) groups excluding carboxylic acids is 4. The highest BCUT2D eigenvalue weighted by atomic mass is 35.5. The Labute approximate surface area is 327 Å². The average Bonchev–Trinajstić information content (AvgIpc) is 4.05. The molecule has 2 aromatic heterocycles. The fraction of sp³-hybridized carbons (Fsp3) is 0.333. The molecular weight excluding hydrogens is 740 g/mol. The molecule has 0 bridgehead atoms. The van der Waals surface area contributed by atoms with Crippen LogP contribution >= 0.6 is 11.6 Å². The second-order valence-corrected chi connectivity index (χ2v) is 14.5. The maximum absolute atomic E-state index is 14.4. The summed E-state index contributed by atoms with van der Waals surface area (Å²) in [6.45, 7) is 5.80. The van der Waals surface area contributed by atoms with Crippen molar-refractivity contribution < 1.29 is 28.7 Å². The largest absolute Gasteiger partial charge is 0.497 e. The summed E-state index contributed by atoms with van der Waals surface area (Å²) in [6, 6.07) is 13.2. The number of methoxy groups -OCH3 is 2. The molecule has 2 aliphatic heterocycles. The Hall–Kier alpha value is -6.29. The van der Waals surface area contributed by atoms with E-state index in [0.29, 0.717) is 72.2 Å². The van der Waals surface area contributed by atoms with Gasteiger partial charge in [0, 0.05) is 18.1 Å². The Bertz CT molecular complexity index is 2320. The first kappa shape index (κ1) is 38.0. The van der Waals surface area contributed by atoms with Crippen LogP contribution in [0, 0.1) is 6.92 Å². The Balaban J connectivity index is 1.16. The second kappa shape index (κ2) is 15.1. The average molecular weight is 781 g/mol. The molecule has 2 saturated heterocycles. The molecule has 2 fully saturated rings. The van der Waals surface area contributed by atoms with E-state index in [-0.39, 0.29) is 22.5 Å². The predicted octanol–water partition coefficient (Wildman–Crippen LogP) is 5.09. The van der Waals surface area contributed by atoms with Gasteiger partial charge in [0.1, 0.15) is 22.6 Å². The van der Waals surface area contributed by atoms with E-state index >= 15 is 0 Å². The molecule has 0 aliphatic carbocycles. The number of ether oxygens (including phenoxy) is 2. The standard InChI is InChI=1S/C39H41ClN10O6/c1-24-29(40)10-11-30(45-36(53)38(2)14-6-20-47(38)34(51)27-22-25(55-4)8-12-31(27)49-41-16-17-42-49)33(24)46-37(54)39(3)15-7-21-48(39)35(52)28-23-26(56-5)9-13-32(28)50-43-18-19-44-50/h8-13,16-19,22-23H,6-7,14-15,20-21H2,1-5H3,(H,45,53)(H,46,54)/t38-,39-/m0/s1. The zero-order chi connectivity index (χ0) is 39.8. The molecule has 7 rings (SSSR count). The van der Waals surface area contributed by atoms with Gasteiger partial charge in [0.2, 0.25) is 11.8 Å². The van der Waals surface area contributed by atoms with Crippen molar-refractivity contribution >= 4 is 46.6 Å². The zero-order valence-corrected chi connectivity index (χ0v) is 32.3. The van der Waals surface area contributed by atoms with E-state index in [9.17, 15) is 19.2 Å². The number of rotatable bonds is 10. The van der Waals surface area contributed by atoms with Crippen LogP contribution < -0.4 is 20.1 Å². The Kier molecular flexibility index (Phi) is 10.2. The normalized spacial score (nSPS) is 19.2. The quantitative estimate of drug-likeness (QED) is 0.194. The van der Waals surface area contributed by atoms with Crippen LogP contribution in [0.15, 0.2) is 73.3 Å². The van der Waals surface area contributed by atoms with Crippen LogP contribution in [0.5, 0.6) is 11.5 Å². The van der Waals surface area contributed by atoms with Gasteiger partial charge in [-0.1, -0.05) is 11.6 Å². The fourth-order valence-electron chi connectivity index (χ4n) is 7.45. The van der Waals surface area contributed by atoms with Gasteiger partial charge in [-0.25, -0.2) is 0 Å². The van der Waals surface area contributed by atoms with Gasteiger partial charge in [-0.15, -0.1) is 0 Å². The fourth-order valence-corrected chi connectivity index (χ4v) is 7.61. The maximum atomic E-state index is 14.4. The van der Waals surface area contributed by atoms with Crippen molar-refractivity contribution in [3.8, 4) is 22.9 Å². The highest BCUT2D eigenvalue weighted by molar-refractivity contribution is 6.32. The lowest BCUT2D eigenvalue weighted by Gasteiger charge is -2.36. The van der Waals surface area contributed by atoms with Crippen LogP contribution in [0.4, 0.5) is 11.4 Å². The summed E-state index contributed by atoms with van der Waals surface area (Å²) in [7, 11) is 3.01. The minimum atomic E-state index is -1.29. The van der Waals surface area contributed by atoms with Crippen LogP contribution in [0.25, 0.3) is 11.4 Å². The monoisotopic (exact) mass is 780 g/mol. The third kappa shape index (κ3) is 6.69. The first-order chi connectivity index (χ1) is 26.9. The number of anilines is 2. The summed E-state index contributed by atoms with van der Waals surface area (Å²) in [6.07, 6.45) is 7.94. The maximum Gasteiger partial charge on any atom is 0.257 e. The molecule has 4 heterocycles. The molecule has 3 aromatic carbocycles. The zero-order valence-electron chi connectivity index (χ0n) is 31.6. The summed E-state index contributed by atoms with van der Waals surface area (Å²) in [5, 5.41) is 23.2. The van der Waals surface area contributed by atoms with Crippen molar-refractivity contribution in [3.05, 3.63) is 95.0 Å². The Morgan fingerprint density at radius 2 is 1.12 bits per heavy atom. The number of benzene rings is 3. The molecule has 0 unspecified atom stereocenters. The number of hydrogen-bond acceptors (Lipinski definition) is 10. The number of carbonyl (C=O) groups is 4. The molecule has 16 nitrogen and oxygen atoms in total. The molecule has 0 spiro atoms. The third-order valence-electron chi connectivity index (χ3n) is 10.8. The summed E-state index contributed by atoms with van der Waals surface area (Å²) >= 11 is 6.59. The minimum Gasteiger partial charge on any atom is -0.497 e. The van der Waals surface area contributed by atoms with Crippen LogP contribution in [-0.4, -0.2) is 102 Å². The summed E-state index contributed by atoms with van der Waals surface area (Å²) in [4.78, 5) is 63.2. The molecule has 0 radical (unpaired) electrons. The van der Waals surface area contributed by atoms with Crippen molar-refractivity contribution in [2.24, 2.45) is 0 Å². The molecular formula is C39H41ClN10O6. The SMILES string of the molecule is COc1ccc(-n2nccn2)c(C(=O)N2CCC[C@@]2(C)C(=O)Nc2ccc(Cl)c(C)c2NC(=O)[C@]2(C)CCCN2C(=O)c2cc(OC)ccc2-n2nccn2)c1. The van der Waals surface area contributed by atoms with Crippen molar-refractivity contribution in [3.63, 3.8) is 0 Å². The van der Waals surface area contributed by atoms with Gasteiger partial charge in [0.15, 0.2) is 0 Å². The van der Waals surface area contributed by atoms with Crippen molar-refractivity contribution in [1.29, 1.82) is 0 Å². The van der Waals surface area contributed by atoms with Crippen molar-refractivity contribution in [2.75, 3.05) is 37.9 Å². The summed E-state index contributed by atoms with van der Waals surface area (Å²) < 4.78 is 10.8. The van der Waals surface area contributed by atoms with Gasteiger partial charge in [0.05, 0.1) is 72.9 Å². The Morgan fingerprint density at radius 1 is 0.679 bits per heavy atom. The van der Waals surface area contributed by atoms with Crippen molar-refractivity contribution in [1.82, 2.24) is 39.8 Å². The lowest BCUT2D eigenvalue weighted by molar-refractivity contribution is -0.125. The molecule has 2 aliphatic rings. The van der Waals surface area contributed by atoms with E-state index < -0.39 is 34.7 Å². The first-order valence-electron chi connectivity index (χ1n) is 18.0. The van der Waals surface area contributed by atoms with Gasteiger partial charge in [-0.3, -0.25) is 19.2 Å². The van der Waals surface area contributed by atoms with Gasteiger partial charge >= 0.3 is 0 Å². The number of hydrogen-bond donors (Lipinski definition) is 2. The lowest BCUT2D eigenvalue weighted by Crippen LogP contribution is -2.54. The molecule has 17 heteroatoms. The van der Waals surface area contributed by atoms with Gasteiger partial charge in [-0.05, 0) is 101 Å². The summed E-state index contributed by atoms with van der Waals surface area (Å²) in [5.74, 6) is -0.796. The van der Waals surface area contributed by atoms with Gasteiger partial charge in [-0.2, -0.15) is 30.0 Å². The molecule has 2 atom stereocenters. The van der Waals surface area contributed by atoms with Crippen LogP contribution in [0.1, 0.15) is 65.8 Å². The second-order valence-electron chi connectivity index (χ2n) is 14.1. The number of nitrogens with zero attached hydrogens (tertiary/aromatic N) is 8. The number of amides is 4.